The van der Waals surface area contributed by atoms with Gasteiger partial charge in [0.25, 0.3) is 0 Å². The largest absolute Gasteiger partial charge is 0.480 e. The second-order valence-electron chi connectivity index (χ2n) is 6.25. The third-order valence-electron chi connectivity index (χ3n) is 4.63. The molecule has 2 aliphatic heterocycles. The first-order valence-corrected chi connectivity index (χ1v) is 8.15. The Kier molecular flexibility index (Phi) is 4.80. The maximum absolute atomic E-state index is 11.9. The van der Waals surface area contributed by atoms with Crippen molar-refractivity contribution in [1.82, 2.24) is 10.2 Å². The number of carboxylic acid groups (broad SMARTS) is 1. The summed E-state index contributed by atoms with van der Waals surface area (Å²) in [5, 5.41) is 11.2. The first-order valence-electron chi connectivity index (χ1n) is 8.15. The standard InChI is InChI=1S/C17H21N3O4/c21-15-6-5-14(17(24)18-15)12-1-3-13(4-2-12)20-9-7-19(8-10-20)11-16(22)23/h1-4,14H,5-11H2,(H,22,23)(H,18,21,24)/t14-/m1/s1. The Morgan fingerprint density at radius 2 is 1.79 bits per heavy atom. The molecule has 2 heterocycles. The van der Waals surface area contributed by atoms with Gasteiger partial charge in [0, 0.05) is 38.3 Å². The predicted molar refractivity (Wildman–Crippen MR) is 87.9 cm³/mol. The van der Waals surface area contributed by atoms with Gasteiger partial charge in [-0.1, -0.05) is 12.1 Å². The quantitative estimate of drug-likeness (QED) is 0.777. The molecule has 0 unspecified atom stereocenters. The topological polar surface area (TPSA) is 89.9 Å². The van der Waals surface area contributed by atoms with E-state index in [-0.39, 0.29) is 24.3 Å². The van der Waals surface area contributed by atoms with E-state index >= 15 is 0 Å². The number of nitrogens with one attached hydrogen (secondary N) is 1. The SMILES string of the molecule is O=C(O)CN1CCN(c2ccc([C@H]3CCC(=O)NC3=O)cc2)CC1. The number of piperazine rings is 1. The van der Waals surface area contributed by atoms with Crippen molar-refractivity contribution in [2.75, 3.05) is 37.6 Å². The third kappa shape index (κ3) is 3.73. The zero-order valence-corrected chi connectivity index (χ0v) is 13.4. The van der Waals surface area contributed by atoms with Gasteiger partial charge in [0.1, 0.15) is 0 Å². The van der Waals surface area contributed by atoms with Crippen molar-refractivity contribution in [2.45, 2.75) is 18.8 Å². The van der Waals surface area contributed by atoms with Crippen LogP contribution in [0, 0.1) is 0 Å². The average Bonchev–Trinajstić information content (AvgIpc) is 2.55. The van der Waals surface area contributed by atoms with Gasteiger partial charge in [-0.05, 0) is 24.1 Å². The van der Waals surface area contributed by atoms with E-state index < -0.39 is 5.97 Å². The maximum Gasteiger partial charge on any atom is 0.317 e. The molecule has 128 valence electrons. The molecule has 1 atom stereocenters. The van der Waals surface area contributed by atoms with E-state index in [1.807, 2.05) is 29.2 Å². The second-order valence-corrected chi connectivity index (χ2v) is 6.25. The van der Waals surface area contributed by atoms with Gasteiger partial charge in [-0.3, -0.25) is 24.6 Å². The van der Waals surface area contributed by atoms with E-state index in [0.717, 1.165) is 37.4 Å². The minimum Gasteiger partial charge on any atom is -0.480 e. The van der Waals surface area contributed by atoms with Crippen LogP contribution in [0.15, 0.2) is 24.3 Å². The Hall–Kier alpha value is -2.41. The third-order valence-corrected chi connectivity index (χ3v) is 4.63. The summed E-state index contributed by atoms with van der Waals surface area (Å²) < 4.78 is 0. The van der Waals surface area contributed by atoms with Crippen molar-refractivity contribution in [1.29, 1.82) is 0 Å². The molecule has 0 aromatic heterocycles. The van der Waals surface area contributed by atoms with E-state index in [9.17, 15) is 14.4 Å². The smallest absolute Gasteiger partial charge is 0.317 e. The monoisotopic (exact) mass is 331 g/mol. The van der Waals surface area contributed by atoms with Crippen molar-refractivity contribution in [2.24, 2.45) is 0 Å². The normalized spacial score (nSPS) is 22.3. The molecule has 2 saturated heterocycles. The lowest BCUT2D eigenvalue weighted by Gasteiger charge is -2.35. The minimum atomic E-state index is -0.794. The molecule has 2 N–H and O–H groups in total. The molecule has 0 bridgehead atoms. The lowest BCUT2D eigenvalue weighted by atomic mass is 9.90. The predicted octanol–water partition coefficient (Wildman–Crippen LogP) is 0.413. The highest BCUT2D eigenvalue weighted by molar-refractivity contribution is 6.00. The summed E-state index contributed by atoms with van der Waals surface area (Å²) in [6, 6.07) is 7.87. The van der Waals surface area contributed by atoms with Crippen LogP contribution in [-0.4, -0.2) is 60.5 Å². The van der Waals surface area contributed by atoms with Crippen LogP contribution in [0.1, 0.15) is 24.3 Å². The minimum absolute atomic E-state index is 0.0856. The number of piperidine rings is 1. The first-order chi connectivity index (χ1) is 11.5. The highest BCUT2D eigenvalue weighted by Crippen LogP contribution is 2.27. The number of hydrogen-bond donors (Lipinski definition) is 2. The molecule has 2 aliphatic rings. The second kappa shape index (κ2) is 7.00. The number of benzene rings is 1. The number of amides is 2. The molecule has 24 heavy (non-hydrogen) atoms. The number of anilines is 1. The fourth-order valence-corrected chi connectivity index (χ4v) is 3.28. The van der Waals surface area contributed by atoms with E-state index in [1.54, 1.807) is 0 Å². The fourth-order valence-electron chi connectivity index (χ4n) is 3.28. The molecule has 2 amide bonds. The summed E-state index contributed by atoms with van der Waals surface area (Å²) in [4.78, 5) is 38.0. The molecule has 2 fully saturated rings. The van der Waals surface area contributed by atoms with Gasteiger partial charge >= 0.3 is 5.97 Å². The van der Waals surface area contributed by atoms with E-state index in [2.05, 4.69) is 10.2 Å². The Balaban J connectivity index is 1.60. The van der Waals surface area contributed by atoms with Crippen LogP contribution in [0.25, 0.3) is 0 Å². The molecule has 1 aromatic rings. The molecule has 1 aromatic carbocycles. The highest BCUT2D eigenvalue weighted by atomic mass is 16.4. The number of carbonyl (C=O) groups excluding carboxylic acids is 2. The average molecular weight is 331 g/mol. The van der Waals surface area contributed by atoms with Crippen LogP contribution in [0.2, 0.25) is 0 Å². The summed E-state index contributed by atoms with van der Waals surface area (Å²) in [5.41, 5.74) is 1.99. The molecule has 3 rings (SSSR count). The zero-order chi connectivity index (χ0) is 17.1. The van der Waals surface area contributed by atoms with Gasteiger partial charge in [0.05, 0.1) is 12.5 Å². The lowest BCUT2D eigenvalue weighted by Crippen LogP contribution is -2.48. The summed E-state index contributed by atoms with van der Waals surface area (Å²) in [6.45, 7) is 3.10. The summed E-state index contributed by atoms with van der Waals surface area (Å²) in [6.07, 6.45) is 0.932. The number of imide groups is 1. The van der Waals surface area contributed by atoms with Crippen LogP contribution in [-0.2, 0) is 14.4 Å². The lowest BCUT2D eigenvalue weighted by molar-refractivity contribution is -0.138. The summed E-state index contributed by atoms with van der Waals surface area (Å²) in [5.74, 6) is -1.48. The van der Waals surface area contributed by atoms with Crippen molar-refractivity contribution >= 4 is 23.5 Å². The van der Waals surface area contributed by atoms with Gasteiger partial charge in [-0.15, -0.1) is 0 Å². The Bertz CT molecular complexity index is 636. The Morgan fingerprint density at radius 1 is 1.12 bits per heavy atom. The Morgan fingerprint density at radius 3 is 2.38 bits per heavy atom. The van der Waals surface area contributed by atoms with Crippen molar-refractivity contribution < 1.29 is 19.5 Å². The number of nitrogens with zero attached hydrogens (tertiary/aromatic N) is 2. The van der Waals surface area contributed by atoms with Crippen molar-refractivity contribution in [3.63, 3.8) is 0 Å². The van der Waals surface area contributed by atoms with Crippen LogP contribution in [0.5, 0.6) is 0 Å². The zero-order valence-electron chi connectivity index (χ0n) is 13.4. The van der Waals surface area contributed by atoms with E-state index in [4.69, 9.17) is 5.11 Å². The van der Waals surface area contributed by atoms with Gasteiger partial charge in [-0.25, -0.2) is 0 Å². The first kappa shape index (κ1) is 16.4. The number of hydrogen-bond acceptors (Lipinski definition) is 5. The van der Waals surface area contributed by atoms with Gasteiger partial charge in [0.15, 0.2) is 0 Å². The molecule has 0 aliphatic carbocycles. The molecular formula is C17H21N3O4. The molecule has 7 heteroatoms. The summed E-state index contributed by atoms with van der Waals surface area (Å²) >= 11 is 0. The highest BCUT2D eigenvalue weighted by Gasteiger charge is 2.28. The molecule has 7 nitrogen and oxygen atoms in total. The van der Waals surface area contributed by atoms with Crippen LogP contribution in [0.4, 0.5) is 5.69 Å². The summed E-state index contributed by atoms with van der Waals surface area (Å²) in [7, 11) is 0. The molecule has 0 spiro atoms. The number of carbonyl (C=O) groups is 3. The van der Waals surface area contributed by atoms with E-state index in [0.29, 0.717) is 12.8 Å². The van der Waals surface area contributed by atoms with Crippen LogP contribution in [0.3, 0.4) is 0 Å². The fraction of sp³-hybridized carbons (Fsp3) is 0.471. The van der Waals surface area contributed by atoms with Gasteiger partial charge in [0.2, 0.25) is 11.8 Å². The van der Waals surface area contributed by atoms with Crippen LogP contribution >= 0.6 is 0 Å². The van der Waals surface area contributed by atoms with Crippen molar-refractivity contribution in [3.8, 4) is 0 Å². The van der Waals surface area contributed by atoms with E-state index in [1.165, 1.54) is 0 Å². The van der Waals surface area contributed by atoms with Gasteiger partial charge in [-0.2, -0.15) is 0 Å². The molecular weight excluding hydrogens is 310 g/mol. The maximum atomic E-state index is 11.9. The number of aliphatic carboxylic acids is 1. The number of rotatable bonds is 4. The van der Waals surface area contributed by atoms with Gasteiger partial charge < -0.3 is 10.0 Å². The Labute approximate surface area is 140 Å². The van der Waals surface area contributed by atoms with Crippen molar-refractivity contribution in [3.05, 3.63) is 29.8 Å². The molecule has 0 radical (unpaired) electrons. The molecule has 0 saturated carbocycles. The van der Waals surface area contributed by atoms with Crippen LogP contribution < -0.4 is 10.2 Å². The number of carboxylic acids is 1.